The molecule has 0 aliphatic rings. The zero-order valence-corrected chi connectivity index (χ0v) is 18.3. The van der Waals surface area contributed by atoms with Crippen molar-refractivity contribution in [1.29, 1.82) is 0 Å². The standard InChI is InChI=1S/C26H22N2O6/c1-33-26-21-14-19(10-11-20(21)24(31)23(28-26)25(32)27-15-22(29)30)34-18-9-5-8-17(13-18)12-16-6-3-2-4-7-16/h2-11,13-14,31H,12,15H2,1H3,(H,27,32)(H,29,30). The van der Waals surface area contributed by atoms with E-state index in [-0.39, 0.29) is 17.3 Å². The van der Waals surface area contributed by atoms with Crippen molar-refractivity contribution in [2.45, 2.75) is 6.42 Å². The van der Waals surface area contributed by atoms with Gasteiger partial charge in [-0.25, -0.2) is 4.98 Å². The quantitative estimate of drug-likeness (QED) is 0.363. The lowest BCUT2D eigenvalue weighted by molar-refractivity contribution is -0.135. The number of carbonyl (C=O) groups is 2. The molecule has 3 N–H and O–H groups in total. The molecule has 0 saturated carbocycles. The van der Waals surface area contributed by atoms with Crippen molar-refractivity contribution < 1.29 is 29.3 Å². The Bertz CT molecular complexity index is 1350. The first-order valence-electron chi connectivity index (χ1n) is 10.5. The van der Waals surface area contributed by atoms with Gasteiger partial charge < -0.3 is 25.0 Å². The number of carbonyl (C=O) groups excluding carboxylic acids is 1. The highest BCUT2D eigenvalue weighted by Gasteiger charge is 2.20. The summed E-state index contributed by atoms with van der Waals surface area (Å²) in [6.45, 7) is -0.601. The second-order valence-electron chi connectivity index (χ2n) is 7.51. The van der Waals surface area contributed by atoms with Crippen molar-refractivity contribution in [3.05, 3.63) is 89.6 Å². The van der Waals surface area contributed by atoms with Gasteiger partial charge in [-0.3, -0.25) is 9.59 Å². The Morgan fingerprint density at radius 2 is 1.65 bits per heavy atom. The van der Waals surface area contributed by atoms with Crippen LogP contribution < -0.4 is 14.8 Å². The van der Waals surface area contributed by atoms with Gasteiger partial charge in [0.1, 0.15) is 18.0 Å². The number of hydrogen-bond acceptors (Lipinski definition) is 6. The molecule has 4 rings (SSSR count). The fraction of sp³-hybridized carbons (Fsp3) is 0.115. The predicted octanol–water partition coefficient (Wildman–Crippen LogP) is 4.15. The topological polar surface area (TPSA) is 118 Å². The van der Waals surface area contributed by atoms with Crippen molar-refractivity contribution in [3.8, 4) is 23.1 Å². The number of carboxylic acid groups (broad SMARTS) is 1. The minimum atomic E-state index is -1.21. The van der Waals surface area contributed by atoms with Crippen LogP contribution in [-0.2, 0) is 11.2 Å². The van der Waals surface area contributed by atoms with Crippen LogP contribution in [0.5, 0.6) is 23.1 Å². The lowest BCUT2D eigenvalue weighted by Crippen LogP contribution is -2.30. The smallest absolute Gasteiger partial charge is 0.322 e. The highest BCUT2D eigenvalue weighted by molar-refractivity contribution is 6.04. The van der Waals surface area contributed by atoms with E-state index in [0.717, 1.165) is 12.0 Å². The largest absolute Gasteiger partial charge is 0.505 e. The Kier molecular flexibility index (Phi) is 6.59. The van der Waals surface area contributed by atoms with Crippen LogP contribution in [0.15, 0.2) is 72.8 Å². The number of pyridine rings is 1. The molecule has 1 aromatic heterocycles. The average molecular weight is 458 g/mol. The molecule has 0 aliphatic heterocycles. The van der Waals surface area contributed by atoms with Crippen LogP contribution in [0.1, 0.15) is 21.6 Å². The van der Waals surface area contributed by atoms with Crippen molar-refractivity contribution in [2.24, 2.45) is 0 Å². The number of hydrogen-bond donors (Lipinski definition) is 3. The van der Waals surface area contributed by atoms with Gasteiger partial charge in [-0.1, -0.05) is 42.5 Å². The van der Waals surface area contributed by atoms with Crippen LogP contribution in [0.25, 0.3) is 10.8 Å². The van der Waals surface area contributed by atoms with Crippen molar-refractivity contribution >= 4 is 22.6 Å². The van der Waals surface area contributed by atoms with E-state index in [9.17, 15) is 14.7 Å². The summed E-state index contributed by atoms with van der Waals surface area (Å²) < 4.78 is 11.4. The summed E-state index contributed by atoms with van der Waals surface area (Å²) >= 11 is 0. The molecule has 0 spiro atoms. The second kappa shape index (κ2) is 9.91. The van der Waals surface area contributed by atoms with Crippen LogP contribution in [0, 0.1) is 0 Å². The van der Waals surface area contributed by atoms with Gasteiger partial charge in [0.05, 0.1) is 12.5 Å². The summed E-state index contributed by atoms with van der Waals surface area (Å²) in [6.07, 6.45) is 0.772. The summed E-state index contributed by atoms with van der Waals surface area (Å²) in [5, 5.41) is 22.3. The number of nitrogens with zero attached hydrogens (tertiary/aromatic N) is 1. The third-order valence-electron chi connectivity index (χ3n) is 5.11. The summed E-state index contributed by atoms with van der Waals surface area (Å²) in [6, 6.07) is 22.8. The van der Waals surface area contributed by atoms with Crippen LogP contribution in [0.2, 0.25) is 0 Å². The number of aliphatic carboxylic acids is 1. The van der Waals surface area contributed by atoms with Crippen molar-refractivity contribution in [1.82, 2.24) is 10.3 Å². The van der Waals surface area contributed by atoms with Crippen LogP contribution in [0.3, 0.4) is 0 Å². The number of rotatable bonds is 8. The molecule has 0 unspecified atom stereocenters. The minimum Gasteiger partial charge on any atom is -0.505 e. The molecule has 4 aromatic rings. The summed E-state index contributed by atoms with van der Waals surface area (Å²) in [5.41, 5.74) is 1.96. The molecule has 0 fully saturated rings. The highest BCUT2D eigenvalue weighted by atomic mass is 16.5. The van der Waals surface area contributed by atoms with E-state index >= 15 is 0 Å². The van der Waals surface area contributed by atoms with Gasteiger partial charge in [0.2, 0.25) is 5.88 Å². The summed E-state index contributed by atoms with van der Waals surface area (Å²) in [7, 11) is 1.39. The van der Waals surface area contributed by atoms with Crippen molar-refractivity contribution in [2.75, 3.05) is 13.7 Å². The first-order chi connectivity index (χ1) is 16.4. The predicted molar refractivity (Wildman–Crippen MR) is 126 cm³/mol. The Balaban J connectivity index is 1.61. The Morgan fingerprint density at radius 3 is 2.38 bits per heavy atom. The van der Waals surface area contributed by atoms with E-state index in [1.165, 1.54) is 12.7 Å². The van der Waals surface area contributed by atoms with Gasteiger partial charge in [-0.15, -0.1) is 0 Å². The molecule has 8 heteroatoms. The number of ether oxygens (including phenoxy) is 2. The molecule has 0 saturated heterocycles. The number of methoxy groups -OCH3 is 1. The zero-order chi connectivity index (χ0) is 24.1. The first-order valence-corrected chi connectivity index (χ1v) is 10.5. The maximum absolute atomic E-state index is 12.3. The maximum Gasteiger partial charge on any atom is 0.322 e. The fourth-order valence-corrected chi connectivity index (χ4v) is 3.55. The van der Waals surface area contributed by atoms with Crippen LogP contribution >= 0.6 is 0 Å². The first kappa shape index (κ1) is 22.6. The lowest BCUT2D eigenvalue weighted by Gasteiger charge is -2.13. The molecular formula is C26H22N2O6. The molecule has 3 aromatic carbocycles. The molecule has 1 heterocycles. The van der Waals surface area contributed by atoms with E-state index in [0.29, 0.717) is 22.3 Å². The van der Waals surface area contributed by atoms with Gasteiger partial charge in [-0.05, 0) is 47.9 Å². The van der Waals surface area contributed by atoms with E-state index in [4.69, 9.17) is 14.6 Å². The third-order valence-corrected chi connectivity index (χ3v) is 5.11. The molecule has 0 atom stereocenters. The molecule has 0 aliphatic carbocycles. The number of nitrogens with one attached hydrogen (secondary N) is 1. The number of benzene rings is 3. The number of carboxylic acids is 1. The Labute approximate surface area is 195 Å². The van der Waals surface area contributed by atoms with Crippen molar-refractivity contribution in [3.63, 3.8) is 0 Å². The average Bonchev–Trinajstić information content (AvgIpc) is 2.84. The van der Waals surface area contributed by atoms with Crippen LogP contribution in [-0.4, -0.2) is 40.7 Å². The van der Waals surface area contributed by atoms with Gasteiger partial charge in [0.25, 0.3) is 5.91 Å². The second-order valence-corrected chi connectivity index (χ2v) is 7.51. The molecule has 0 bridgehead atoms. The lowest BCUT2D eigenvalue weighted by atomic mass is 10.1. The summed E-state index contributed by atoms with van der Waals surface area (Å²) in [4.78, 5) is 27.1. The zero-order valence-electron chi connectivity index (χ0n) is 18.3. The van der Waals surface area contributed by atoms with Gasteiger partial charge >= 0.3 is 5.97 Å². The van der Waals surface area contributed by atoms with E-state index < -0.39 is 18.4 Å². The molecule has 0 radical (unpaired) electrons. The molecule has 34 heavy (non-hydrogen) atoms. The Morgan fingerprint density at radius 1 is 0.912 bits per heavy atom. The Hall–Kier alpha value is -4.59. The van der Waals surface area contributed by atoms with Crippen LogP contribution in [0.4, 0.5) is 0 Å². The van der Waals surface area contributed by atoms with E-state index in [1.54, 1.807) is 18.2 Å². The monoisotopic (exact) mass is 458 g/mol. The number of fused-ring (bicyclic) bond motifs is 1. The minimum absolute atomic E-state index is 0.0940. The van der Waals surface area contributed by atoms with Gasteiger partial charge in [0, 0.05) is 5.39 Å². The summed E-state index contributed by atoms with van der Waals surface area (Å²) in [5.74, 6) is -1.18. The number of aromatic nitrogens is 1. The highest BCUT2D eigenvalue weighted by Crippen LogP contribution is 2.36. The normalized spacial score (nSPS) is 10.6. The third kappa shape index (κ3) is 5.07. The molecule has 8 nitrogen and oxygen atoms in total. The fourth-order valence-electron chi connectivity index (χ4n) is 3.55. The molecule has 1 amide bonds. The van der Waals surface area contributed by atoms with Gasteiger partial charge in [0.15, 0.2) is 11.4 Å². The molecule has 172 valence electrons. The van der Waals surface area contributed by atoms with Gasteiger partial charge in [-0.2, -0.15) is 0 Å². The number of amides is 1. The van der Waals surface area contributed by atoms with E-state index in [2.05, 4.69) is 22.4 Å². The number of aromatic hydroxyl groups is 1. The van der Waals surface area contributed by atoms with E-state index in [1.807, 2.05) is 42.5 Å². The maximum atomic E-state index is 12.3. The molecular weight excluding hydrogens is 436 g/mol. The SMILES string of the molecule is COc1nc(C(=O)NCC(=O)O)c(O)c2ccc(Oc3cccc(Cc4ccccc4)c3)cc12.